The first-order chi connectivity index (χ1) is 14.8. The Labute approximate surface area is 199 Å². The van der Waals surface area contributed by atoms with Crippen molar-refractivity contribution in [2.75, 3.05) is 6.54 Å². The second-order valence-corrected chi connectivity index (χ2v) is 11.4. The minimum absolute atomic E-state index is 0.143. The van der Waals surface area contributed by atoms with Crippen molar-refractivity contribution in [2.45, 2.75) is 94.0 Å². The highest BCUT2D eigenvalue weighted by Crippen LogP contribution is 2.60. The fourth-order valence-electron chi connectivity index (χ4n) is 4.97. The second kappa shape index (κ2) is 9.46. The van der Waals surface area contributed by atoms with Crippen LogP contribution in [-0.4, -0.2) is 23.5 Å². The third-order valence-electron chi connectivity index (χ3n) is 7.30. The number of aryl methyl sites for hydroxylation is 1. The first-order valence-corrected chi connectivity index (χ1v) is 12.9. The number of nitrogens with zero attached hydrogens (tertiary/aromatic N) is 1. The molecule has 2 fully saturated rings. The average Bonchev–Trinajstić information content (AvgIpc) is 3.70. The molecule has 0 saturated heterocycles. The number of benzene rings is 2. The van der Waals surface area contributed by atoms with Crippen molar-refractivity contribution in [3.05, 3.63) is 70.8 Å². The highest BCUT2D eigenvalue weighted by molar-refractivity contribution is 6.28. The van der Waals surface area contributed by atoms with Gasteiger partial charge in [0.15, 0.2) is 0 Å². The molecule has 0 aromatic heterocycles. The maximum Gasteiger partial charge on any atom is 0.0699 e. The maximum absolute atomic E-state index is 6.90. The van der Waals surface area contributed by atoms with E-state index in [0.29, 0.717) is 12.1 Å². The van der Waals surface area contributed by atoms with Gasteiger partial charge in [-0.1, -0.05) is 55.5 Å². The summed E-state index contributed by atoms with van der Waals surface area (Å²) in [5, 5.41) is 0. The molecule has 0 aliphatic heterocycles. The van der Waals surface area contributed by atoms with Crippen molar-refractivity contribution in [1.29, 1.82) is 0 Å². The summed E-state index contributed by atoms with van der Waals surface area (Å²) in [5.41, 5.74) is 5.45. The van der Waals surface area contributed by atoms with E-state index in [4.69, 9.17) is 23.2 Å². The number of hydrogen-bond acceptors (Lipinski definition) is 1. The Morgan fingerprint density at radius 1 is 0.839 bits per heavy atom. The molecule has 0 N–H and O–H groups in total. The van der Waals surface area contributed by atoms with Crippen LogP contribution >= 0.6 is 23.2 Å². The molecule has 1 atom stereocenters. The summed E-state index contributed by atoms with van der Waals surface area (Å²) in [4.78, 5) is 2.40. The first kappa shape index (κ1) is 23.1. The van der Waals surface area contributed by atoms with Crippen LogP contribution in [-0.2, 0) is 22.6 Å². The van der Waals surface area contributed by atoms with E-state index in [9.17, 15) is 0 Å². The molecule has 0 radical (unpaired) electrons. The molecule has 0 bridgehead atoms. The van der Waals surface area contributed by atoms with Gasteiger partial charge in [-0.15, -0.1) is 23.2 Å². The third kappa shape index (κ3) is 5.49. The zero-order valence-electron chi connectivity index (χ0n) is 19.3. The van der Waals surface area contributed by atoms with Crippen LogP contribution in [0.4, 0.5) is 0 Å². The van der Waals surface area contributed by atoms with Crippen LogP contribution in [0.2, 0.25) is 0 Å². The molecule has 4 rings (SSSR count). The summed E-state index contributed by atoms with van der Waals surface area (Å²) in [6.45, 7) is 8.12. The molecule has 0 heterocycles. The van der Waals surface area contributed by atoms with E-state index in [0.717, 1.165) is 45.1 Å². The van der Waals surface area contributed by atoms with Crippen molar-refractivity contribution in [2.24, 2.45) is 0 Å². The Hall–Kier alpha value is -1.02. The highest BCUT2D eigenvalue weighted by Gasteiger charge is 2.50. The van der Waals surface area contributed by atoms with Gasteiger partial charge < -0.3 is 0 Å². The lowest BCUT2D eigenvalue weighted by molar-refractivity contribution is 0.143. The van der Waals surface area contributed by atoms with E-state index in [1.54, 1.807) is 0 Å². The molecule has 3 heteroatoms. The van der Waals surface area contributed by atoms with E-state index >= 15 is 0 Å². The van der Waals surface area contributed by atoms with Gasteiger partial charge in [0, 0.05) is 18.6 Å². The average molecular weight is 459 g/mol. The fourth-order valence-corrected chi connectivity index (χ4v) is 5.48. The summed E-state index contributed by atoms with van der Waals surface area (Å²) < 4.78 is 0. The Kier molecular flexibility index (Phi) is 7.06. The van der Waals surface area contributed by atoms with E-state index in [2.05, 4.69) is 74.2 Å². The van der Waals surface area contributed by atoms with Gasteiger partial charge in [0.25, 0.3) is 0 Å². The molecule has 168 valence electrons. The van der Waals surface area contributed by atoms with E-state index in [-0.39, 0.29) is 9.75 Å². The van der Waals surface area contributed by atoms with Gasteiger partial charge in [0.2, 0.25) is 0 Å². The summed E-state index contributed by atoms with van der Waals surface area (Å²) >= 11 is 13.7. The predicted octanol–water partition coefficient (Wildman–Crippen LogP) is 7.81. The Morgan fingerprint density at radius 3 is 2.06 bits per heavy atom. The standard InChI is InChI=1S/C28H37Cl2N/c1-4-24(31(21(2)3)19-14-22-8-6-5-7-9-22)12-10-23-11-13-25(27(29)15-16-27)26(20-23)28(30)17-18-28/h5-9,11,13,20-21,24H,4,10,12,14-19H2,1-3H3. The Morgan fingerprint density at radius 2 is 1.48 bits per heavy atom. The minimum Gasteiger partial charge on any atom is -0.298 e. The van der Waals surface area contributed by atoms with Gasteiger partial charge in [-0.25, -0.2) is 0 Å². The molecule has 1 nitrogen and oxygen atoms in total. The molecule has 0 spiro atoms. The highest BCUT2D eigenvalue weighted by atomic mass is 35.5. The van der Waals surface area contributed by atoms with Crippen molar-refractivity contribution >= 4 is 23.2 Å². The molecule has 2 saturated carbocycles. The van der Waals surface area contributed by atoms with Gasteiger partial charge in [0.05, 0.1) is 9.75 Å². The lowest BCUT2D eigenvalue weighted by atomic mass is 9.93. The Bertz CT molecular complexity index is 868. The van der Waals surface area contributed by atoms with Crippen LogP contribution in [0.5, 0.6) is 0 Å². The summed E-state index contributed by atoms with van der Waals surface area (Å²) in [5.74, 6) is 0. The fraction of sp³-hybridized carbons (Fsp3) is 0.571. The molecular weight excluding hydrogens is 421 g/mol. The monoisotopic (exact) mass is 457 g/mol. The molecule has 31 heavy (non-hydrogen) atoms. The molecule has 2 aliphatic carbocycles. The smallest absolute Gasteiger partial charge is 0.0699 e. The van der Waals surface area contributed by atoms with Crippen LogP contribution in [0.25, 0.3) is 0 Å². The number of halogens is 2. The Balaban J connectivity index is 1.43. The quantitative estimate of drug-likeness (QED) is 0.311. The van der Waals surface area contributed by atoms with Gasteiger partial charge in [-0.05, 0) is 87.5 Å². The van der Waals surface area contributed by atoms with E-state index in [1.807, 2.05) is 0 Å². The molecule has 2 aliphatic rings. The normalized spacial score (nSPS) is 19.6. The molecule has 2 aromatic rings. The van der Waals surface area contributed by atoms with E-state index < -0.39 is 0 Å². The summed E-state index contributed by atoms with van der Waals surface area (Å²) in [7, 11) is 0. The predicted molar refractivity (Wildman–Crippen MR) is 134 cm³/mol. The zero-order valence-corrected chi connectivity index (χ0v) is 20.9. The van der Waals surface area contributed by atoms with Gasteiger partial charge >= 0.3 is 0 Å². The van der Waals surface area contributed by atoms with Gasteiger partial charge in [-0.3, -0.25) is 4.90 Å². The number of rotatable bonds is 11. The van der Waals surface area contributed by atoms with Crippen LogP contribution in [0.15, 0.2) is 48.5 Å². The molecule has 2 aromatic carbocycles. The third-order valence-corrected chi connectivity index (χ3v) is 8.46. The number of alkyl halides is 2. The zero-order chi connectivity index (χ0) is 22.1. The topological polar surface area (TPSA) is 3.24 Å². The van der Waals surface area contributed by atoms with Gasteiger partial charge in [0.1, 0.15) is 0 Å². The molecule has 0 amide bonds. The van der Waals surface area contributed by atoms with Crippen LogP contribution in [0.1, 0.15) is 81.5 Å². The van der Waals surface area contributed by atoms with Crippen LogP contribution in [0, 0.1) is 0 Å². The molecule has 1 unspecified atom stereocenters. The lowest BCUT2D eigenvalue weighted by Gasteiger charge is -2.35. The minimum atomic E-state index is -0.153. The second-order valence-electron chi connectivity index (χ2n) is 9.98. The van der Waals surface area contributed by atoms with Crippen LogP contribution < -0.4 is 0 Å². The molecular formula is C28H37Cl2N. The van der Waals surface area contributed by atoms with Crippen molar-refractivity contribution in [3.63, 3.8) is 0 Å². The van der Waals surface area contributed by atoms with E-state index in [1.165, 1.54) is 35.1 Å². The van der Waals surface area contributed by atoms with Gasteiger partial charge in [-0.2, -0.15) is 0 Å². The maximum atomic E-state index is 6.90. The number of hydrogen-bond donors (Lipinski definition) is 0. The van der Waals surface area contributed by atoms with Crippen molar-refractivity contribution in [1.82, 2.24) is 4.90 Å². The van der Waals surface area contributed by atoms with Crippen molar-refractivity contribution in [3.8, 4) is 0 Å². The summed E-state index contributed by atoms with van der Waals surface area (Å²) in [6.07, 6.45) is 8.90. The largest absolute Gasteiger partial charge is 0.298 e. The van der Waals surface area contributed by atoms with Crippen molar-refractivity contribution < 1.29 is 0 Å². The first-order valence-electron chi connectivity index (χ1n) is 12.2. The lowest BCUT2D eigenvalue weighted by Crippen LogP contribution is -2.41. The SMILES string of the molecule is CCC(CCc1ccc(C2(Cl)CC2)c(C2(Cl)CC2)c1)N(CCc1ccccc1)C(C)C. The summed E-state index contributed by atoms with van der Waals surface area (Å²) in [6, 6.07) is 19.0. The van der Waals surface area contributed by atoms with Crippen LogP contribution in [0.3, 0.4) is 0 Å².